The number of rotatable bonds is 7. The summed E-state index contributed by atoms with van der Waals surface area (Å²) in [6, 6.07) is -0.833. The molecule has 3 N–H and O–H groups in total. The molecule has 1 aromatic rings. The van der Waals surface area contributed by atoms with Crippen molar-refractivity contribution >= 4 is 56.0 Å². The number of sulfonamides is 1. The minimum atomic E-state index is -3.46. The normalized spacial score (nSPS) is 26.5. The van der Waals surface area contributed by atoms with E-state index in [1.165, 1.54) is 30.2 Å². The highest BCUT2D eigenvalue weighted by Crippen LogP contribution is 2.46. The lowest BCUT2D eigenvalue weighted by Crippen LogP contribution is -2.78. The van der Waals surface area contributed by atoms with Gasteiger partial charge in [0.1, 0.15) is 6.20 Å². The lowest BCUT2D eigenvalue weighted by molar-refractivity contribution is -0.803. The van der Waals surface area contributed by atoms with Crippen molar-refractivity contribution in [3.8, 4) is 0 Å². The van der Waals surface area contributed by atoms with Crippen LogP contribution < -0.4 is 10.0 Å². The van der Waals surface area contributed by atoms with E-state index in [0.717, 1.165) is 17.6 Å². The molecular weight excluding hydrogens is 428 g/mol. The fraction of sp³-hybridized carbons (Fsp3) is 0.333. The van der Waals surface area contributed by atoms with E-state index in [-0.39, 0.29) is 17.2 Å². The Kier molecular flexibility index (Phi) is 5.36. The number of nitrogens with one attached hydrogen (secondary N) is 2. The summed E-state index contributed by atoms with van der Waals surface area (Å²) in [5, 5.41) is 11.7. The smallest absolute Gasteiger partial charge is 0.391 e. The molecule has 3 heterocycles. The van der Waals surface area contributed by atoms with Crippen LogP contribution in [0.2, 0.25) is 0 Å². The molecule has 0 radical (unpaired) electrons. The van der Waals surface area contributed by atoms with Gasteiger partial charge in [0.2, 0.25) is 27.7 Å². The Hall–Kier alpha value is -2.22. The van der Waals surface area contributed by atoms with Crippen LogP contribution in [-0.4, -0.2) is 64.2 Å². The van der Waals surface area contributed by atoms with Crippen LogP contribution in [0.15, 0.2) is 30.7 Å². The second-order valence-corrected chi connectivity index (χ2v) is 10.2. The molecule has 0 saturated carbocycles. The average molecular weight is 446 g/mol. The lowest BCUT2D eigenvalue weighted by Gasteiger charge is -2.51. The highest BCUT2D eigenvalue weighted by atomic mass is 32.2. The lowest BCUT2D eigenvalue weighted by atomic mass is 9.99. The van der Waals surface area contributed by atoms with Crippen molar-refractivity contribution in [2.24, 2.45) is 0 Å². The van der Waals surface area contributed by atoms with E-state index < -0.39 is 43.7 Å². The van der Waals surface area contributed by atoms with Gasteiger partial charge in [0, 0.05) is 16.8 Å². The van der Waals surface area contributed by atoms with Gasteiger partial charge in [-0.05, 0) is 12.7 Å². The molecule has 0 aromatic carbocycles. The first kappa shape index (κ1) is 20.5. The number of thiazole rings is 1. The van der Waals surface area contributed by atoms with Crippen LogP contribution in [0.5, 0.6) is 0 Å². The van der Waals surface area contributed by atoms with Crippen LogP contribution in [0.3, 0.4) is 0 Å². The number of hydrogen-bond acceptors (Lipinski definition) is 8. The third-order valence-corrected chi connectivity index (χ3v) is 7.16. The number of quaternary nitrogens is 1. The van der Waals surface area contributed by atoms with E-state index in [1.54, 1.807) is 0 Å². The van der Waals surface area contributed by atoms with E-state index in [0.29, 0.717) is 10.6 Å². The minimum Gasteiger partial charge on any atom is -0.474 e. The number of hydrogen-bond donors (Lipinski definition) is 3. The number of aliphatic carboxylic acids is 1. The SMILES string of the molecule is C=C[N+]12C(=O)C(NC(=O)Cc3cnc(NS(C)(=O)=O)s3)[C@@H]1SCC=C2C(=O)O. The third kappa shape index (κ3) is 3.57. The molecule has 2 aliphatic rings. The predicted molar refractivity (Wildman–Crippen MR) is 104 cm³/mol. The van der Waals surface area contributed by atoms with Crippen LogP contribution in [0.25, 0.3) is 0 Å². The Morgan fingerprint density at radius 2 is 2.21 bits per heavy atom. The maximum absolute atomic E-state index is 12.7. The van der Waals surface area contributed by atoms with Crippen molar-refractivity contribution in [2.75, 3.05) is 16.7 Å². The van der Waals surface area contributed by atoms with Gasteiger partial charge in [-0.25, -0.2) is 23.0 Å². The number of β-lactam (4-membered cyclic amide) rings is 1. The summed E-state index contributed by atoms with van der Waals surface area (Å²) >= 11 is 2.38. The van der Waals surface area contributed by atoms with Crippen LogP contribution in [0.1, 0.15) is 4.88 Å². The number of carboxylic acids is 1. The zero-order chi connectivity index (χ0) is 20.7. The topological polar surface area (TPSA) is 143 Å². The molecular formula is C15H17N4O6S3+. The Bertz CT molecular complexity index is 1000. The van der Waals surface area contributed by atoms with Crippen molar-refractivity contribution in [1.82, 2.24) is 10.3 Å². The van der Waals surface area contributed by atoms with Crippen molar-refractivity contribution in [1.29, 1.82) is 0 Å². The first-order valence-corrected chi connectivity index (χ1v) is 11.7. The van der Waals surface area contributed by atoms with Gasteiger partial charge in [0.05, 0.1) is 12.7 Å². The van der Waals surface area contributed by atoms with Crippen LogP contribution >= 0.6 is 23.1 Å². The number of amides is 2. The summed E-state index contributed by atoms with van der Waals surface area (Å²) < 4.78 is 24.1. The summed E-state index contributed by atoms with van der Waals surface area (Å²) in [5.74, 6) is -1.69. The molecule has 2 unspecified atom stereocenters. The predicted octanol–water partition coefficient (Wildman–Crippen LogP) is 0.0838. The van der Waals surface area contributed by atoms with E-state index >= 15 is 0 Å². The molecule has 1 fully saturated rings. The molecule has 3 rings (SSSR count). The van der Waals surface area contributed by atoms with Gasteiger partial charge in [0.15, 0.2) is 10.5 Å². The fourth-order valence-corrected chi connectivity index (χ4v) is 6.15. The van der Waals surface area contributed by atoms with Gasteiger partial charge >= 0.3 is 11.9 Å². The van der Waals surface area contributed by atoms with E-state index in [2.05, 4.69) is 21.6 Å². The molecule has 150 valence electrons. The molecule has 0 spiro atoms. The van der Waals surface area contributed by atoms with Crippen molar-refractivity contribution < 1.29 is 32.4 Å². The van der Waals surface area contributed by atoms with Crippen molar-refractivity contribution in [3.05, 3.63) is 35.6 Å². The number of fused-ring (bicyclic) bond motifs is 1. The van der Waals surface area contributed by atoms with Crippen molar-refractivity contribution in [2.45, 2.75) is 17.8 Å². The van der Waals surface area contributed by atoms with Crippen molar-refractivity contribution in [3.63, 3.8) is 0 Å². The number of thioether (sulfide) groups is 1. The number of anilines is 1. The average Bonchev–Trinajstić information content (AvgIpc) is 3.02. The summed E-state index contributed by atoms with van der Waals surface area (Å²) in [7, 11) is -3.46. The minimum absolute atomic E-state index is 0.0619. The first-order valence-electron chi connectivity index (χ1n) is 7.92. The van der Waals surface area contributed by atoms with Gasteiger partial charge < -0.3 is 10.4 Å². The summed E-state index contributed by atoms with van der Waals surface area (Å²) in [5.41, 5.74) is -0.0619. The number of aromatic nitrogens is 1. The molecule has 1 saturated heterocycles. The van der Waals surface area contributed by atoms with Gasteiger partial charge in [0.25, 0.3) is 0 Å². The zero-order valence-electron chi connectivity index (χ0n) is 14.6. The molecule has 2 aliphatic heterocycles. The first-order chi connectivity index (χ1) is 13.1. The second-order valence-electron chi connectivity index (χ2n) is 6.14. The number of carboxylic acid groups (broad SMARTS) is 1. The number of nitrogens with zero attached hydrogens (tertiary/aromatic N) is 2. The number of carbonyl (C=O) groups is 3. The standard InChI is InChI=1S/C15H16N4O6S3/c1-3-19-9(14(22)23)4-5-26-13(19)11(12(19)21)17-10(20)6-8-7-16-15(27-8)18-28(2,24)25/h3-4,7,11,13H,1,5-6H2,2H3,(H2-,16,17,18,20,22,23)/p+1/t11?,13-,19?/m0/s1. The van der Waals surface area contributed by atoms with E-state index in [4.69, 9.17) is 0 Å². The van der Waals surface area contributed by atoms with Gasteiger partial charge in [-0.2, -0.15) is 4.48 Å². The summed E-state index contributed by atoms with van der Waals surface area (Å²) in [6.07, 6.45) is 5.06. The number of carbonyl (C=O) groups excluding carboxylic acids is 2. The van der Waals surface area contributed by atoms with Gasteiger partial charge in [-0.3, -0.25) is 9.52 Å². The second kappa shape index (κ2) is 7.31. The van der Waals surface area contributed by atoms with Crippen LogP contribution in [0, 0.1) is 0 Å². The van der Waals surface area contributed by atoms with Gasteiger partial charge in [-0.1, -0.05) is 11.8 Å². The molecule has 2 amide bonds. The molecule has 1 aromatic heterocycles. The summed E-state index contributed by atoms with van der Waals surface area (Å²) in [4.78, 5) is 40.9. The molecule has 13 heteroatoms. The largest absolute Gasteiger partial charge is 0.474 e. The zero-order valence-corrected chi connectivity index (χ0v) is 17.1. The Morgan fingerprint density at radius 3 is 2.82 bits per heavy atom. The van der Waals surface area contributed by atoms with Gasteiger partial charge in [-0.15, -0.1) is 11.3 Å². The molecule has 3 atom stereocenters. The molecule has 0 bridgehead atoms. The highest BCUT2D eigenvalue weighted by molar-refractivity contribution is 8.00. The molecule has 28 heavy (non-hydrogen) atoms. The Morgan fingerprint density at radius 1 is 1.50 bits per heavy atom. The Labute approximate surface area is 169 Å². The highest BCUT2D eigenvalue weighted by Gasteiger charge is 2.68. The fourth-order valence-electron chi connectivity index (χ4n) is 3.13. The maximum atomic E-state index is 12.7. The van der Waals surface area contributed by atoms with Crippen LogP contribution in [-0.2, 0) is 30.8 Å². The Balaban J connectivity index is 1.68. The monoisotopic (exact) mass is 445 g/mol. The third-order valence-electron chi connectivity index (χ3n) is 4.24. The quantitative estimate of drug-likeness (QED) is 0.396. The van der Waals surface area contributed by atoms with E-state index in [9.17, 15) is 27.9 Å². The molecule has 10 nitrogen and oxygen atoms in total. The molecule has 0 aliphatic carbocycles. The summed E-state index contributed by atoms with van der Waals surface area (Å²) in [6.45, 7) is 3.61. The van der Waals surface area contributed by atoms with Crippen LogP contribution in [0.4, 0.5) is 5.13 Å². The maximum Gasteiger partial charge on any atom is 0.391 e. The van der Waals surface area contributed by atoms with E-state index in [1.807, 2.05) is 0 Å².